The number of rotatable bonds is 8. The third-order valence-corrected chi connectivity index (χ3v) is 7.26. The SMILES string of the molecule is COc1cc(C=Nn2c(-c3cc4cc(Cl)ccc4o3)nc3ccccc3c2=O)cc(Br)c1OCC(=O)Nc1ccccc1. The zero-order valence-corrected chi connectivity index (χ0v) is 24.9. The minimum Gasteiger partial charge on any atom is -0.493 e. The number of para-hydroxylation sites is 2. The van der Waals surface area contributed by atoms with Gasteiger partial charge in [0.25, 0.3) is 11.5 Å². The van der Waals surface area contributed by atoms with Crippen molar-refractivity contribution in [2.45, 2.75) is 0 Å². The Kier molecular flexibility index (Phi) is 7.95. The van der Waals surface area contributed by atoms with Crippen molar-refractivity contribution in [3.8, 4) is 23.1 Å². The second kappa shape index (κ2) is 12.1. The van der Waals surface area contributed by atoms with Crippen LogP contribution in [0.2, 0.25) is 5.02 Å². The minimum atomic E-state index is -0.370. The predicted molar refractivity (Wildman–Crippen MR) is 170 cm³/mol. The molecule has 0 unspecified atom stereocenters. The van der Waals surface area contributed by atoms with E-state index in [1.807, 2.05) is 24.3 Å². The Morgan fingerprint density at radius 1 is 1.07 bits per heavy atom. The Labute approximate surface area is 258 Å². The molecule has 214 valence electrons. The highest BCUT2D eigenvalue weighted by atomic mass is 79.9. The van der Waals surface area contributed by atoms with Gasteiger partial charge in [0.05, 0.1) is 28.7 Å². The van der Waals surface area contributed by atoms with Crippen LogP contribution in [-0.4, -0.2) is 35.5 Å². The number of benzene rings is 4. The molecule has 2 aromatic heterocycles. The summed E-state index contributed by atoms with van der Waals surface area (Å²) in [5.74, 6) is 0.960. The zero-order valence-electron chi connectivity index (χ0n) is 22.6. The van der Waals surface area contributed by atoms with E-state index in [4.69, 9.17) is 30.5 Å². The van der Waals surface area contributed by atoms with Gasteiger partial charge in [0.15, 0.2) is 23.9 Å². The molecule has 0 bridgehead atoms. The van der Waals surface area contributed by atoms with Crippen LogP contribution < -0.4 is 20.3 Å². The Hall–Kier alpha value is -4.93. The number of amides is 1. The summed E-state index contributed by atoms with van der Waals surface area (Å²) >= 11 is 9.66. The molecule has 0 saturated heterocycles. The number of furan rings is 1. The van der Waals surface area contributed by atoms with E-state index >= 15 is 0 Å². The monoisotopic (exact) mass is 656 g/mol. The smallest absolute Gasteiger partial charge is 0.282 e. The van der Waals surface area contributed by atoms with Gasteiger partial charge in [-0.2, -0.15) is 9.78 Å². The maximum atomic E-state index is 13.6. The van der Waals surface area contributed by atoms with E-state index in [0.29, 0.717) is 54.5 Å². The van der Waals surface area contributed by atoms with Crippen molar-refractivity contribution in [2.24, 2.45) is 5.10 Å². The molecule has 11 heteroatoms. The molecule has 0 aliphatic rings. The number of nitrogens with one attached hydrogen (secondary N) is 1. The third-order valence-electron chi connectivity index (χ3n) is 6.43. The number of ether oxygens (including phenoxy) is 2. The molecule has 0 atom stereocenters. The van der Waals surface area contributed by atoms with Crippen LogP contribution in [0.5, 0.6) is 11.5 Å². The fourth-order valence-electron chi connectivity index (χ4n) is 4.45. The van der Waals surface area contributed by atoms with E-state index in [0.717, 1.165) is 5.39 Å². The Balaban J connectivity index is 1.33. The lowest BCUT2D eigenvalue weighted by atomic mass is 10.2. The van der Waals surface area contributed by atoms with Crippen LogP contribution in [-0.2, 0) is 4.79 Å². The first-order chi connectivity index (χ1) is 20.9. The number of hydrogen-bond acceptors (Lipinski definition) is 7. The molecule has 0 spiro atoms. The number of hydrogen-bond donors (Lipinski definition) is 1. The second-order valence-electron chi connectivity index (χ2n) is 9.34. The summed E-state index contributed by atoms with van der Waals surface area (Å²) in [6, 6.07) is 26.6. The van der Waals surface area contributed by atoms with Crippen LogP contribution in [0.3, 0.4) is 0 Å². The first kappa shape index (κ1) is 28.2. The van der Waals surface area contributed by atoms with Gasteiger partial charge in [-0.1, -0.05) is 41.9 Å². The molecule has 1 N–H and O–H groups in total. The van der Waals surface area contributed by atoms with Crippen LogP contribution in [0.25, 0.3) is 33.5 Å². The first-order valence-electron chi connectivity index (χ1n) is 13.0. The Morgan fingerprint density at radius 2 is 1.86 bits per heavy atom. The number of fused-ring (bicyclic) bond motifs is 2. The van der Waals surface area contributed by atoms with Crippen LogP contribution in [0.1, 0.15) is 5.56 Å². The number of nitrogens with zero attached hydrogens (tertiary/aromatic N) is 3. The van der Waals surface area contributed by atoms with Crippen molar-refractivity contribution in [3.05, 3.63) is 116 Å². The lowest BCUT2D eigenvalue weighted by Gasteiger charge is -2.13. The summed E-state index contributed by atoms with van der Waals surface area (Å²) in [7, 11) is 1.49. The maximum absolute atomic E-state index is 13.6. The molecule has 43 heavy (non-hydrogen) atoms. The van der Waals surface area contributed by atoms with Gasteiger partial charge < -0.3 is 19.2 Å². The predicted octanol–water partition coefficient (Wildman–Crippen LogP) is 7.13. The summed E-state index contributed by atoms with van der Waals surface area (Å²) in [5, 5.41) is 9.01. The largest absolute Gasteiger partial charge is 0.493 e. The van der Waals surface area contributed by atoms with E-state index in [-0.39, 0.29) is 23.9 Å². The summed E-state index contributed by atoms with van der Waals surface area (Å²) in [5.41, 5.74) is 1.99. The standard InChI is InChI=1S/C32H22BrClN4O5/c1-41-27-14-19(13-24(33)30(27)42-18-29(39)36-22-7-3-2-4-8-22)17-35-38-31(37-25-10-6-5-9-23(25)32(38)40)28-16-20-15-21(34)11-12-26(20)43-28/h2-17H,18H2,1H3,(H,36,39). The van der Waals surface area contributed by atoms with Gasteiger partial charge in [0.1, 0.15) is 5.58 Å². The number of aromatic nitrogens is 2. The van der Waals surface area contributed by atoms with E-state index in [2.05, 4.69) is 26.3 Å². The second-order valence-corrected chi connectivity index (χ2v) is 10.6. The molecule has 1 amide bonds. The van der Waals surface area contributed by atoms with Crippen LogP contribution >= 0.6 is 27.5 Å². The lowest BCUT2D eigenvalue weighted by Crippen LogP contribution is -2.20. The van der Waals surface area contributed by atoms with E-state index in [1.54, 1.807) is 66.7 Å². The quantitative estimate of drug-likeness (QED) is 0.175. The van der Waals surface area contributed by atoms with Gasteiger partial charge in [-0.05, 0) is 82.2 Å². The van der Waals surface area contributed by atoms with Gasteiger partial charge >= 0.3 is 0 Å². The fraction of sp³-hybridized carbons (Fsp3) is 0.0625. The maximum Gasteiger partial charge on any atom is 0.282 e. The first-order valence-corrected chi connectivity index (χ1v) is 14.2. The Morgan fingerprint density at radius 3 is 2.67 bits per heavy atom. The van der Waals surface area contributed by atoms with Crippen molar-refractivity contribution < 1.29 is 18.7 Å². The van der Waals surface area contributed by atoms with Crippen LogP contribution in [0.15, 0.2) is 110 Å². The molecule has 4 aromatic carbocycles. The molecule has 6 aromatic rings. The number of anilines is 1. The molecule has 0 fully saturated rings. The molecule has 0 aliphatic carbocycles. The van der Waals surface area contributed by atoms with Gasteiger partial charge in [-0.25, -0.2) is 4.98 Å². The highest BCUT2D eigenvalue weighted by Gasteiger charge is 2.18. The third kappa shape index (κ3) is 6.01. The zero-order chi connectivity index (χ0) is 29.9. The number of methoxy groups -OCH3 is 1. The summed E-state index contributed by atoms with van der Waals surface area (Å²) in [6.07, 6.45) is 1.50. The number of carbonyl (C=O) groups is 1. The normalized spacial score (nSPS) is 11.3. The highest BCUT2D eigenvalue weighted by Crippen LogP contribution is 2.36. The van der Waals surface area contributed by atoms with Crippen molar-refractivity contribution in [1.82, 2.24) is 9.66 Å². The van der Waals surface area contributed by atoms with Crippen molar-refractivity contribution >= 4 is 67.2 Å². The molecular formula is C32H22BrClN4O5. The molecule has 9 nitrogen and oxygen atoms in total. The summed E-state index contributed by atoms with van der Waals surface area (Å²) in [6.45, 7) is -0.235. The van der Waals surface area contributed by atoms with E-state index < -0.39 is 0 Å². The molecule has 2 heterocycles. The molecule has 0 radical (unpaired) electrons. The Bertz CT molecular complexity index is 2070. The van der Waals surface area contributed by atoms with Crippen LogP contribution in [0, 0.1) is 0 Å². The molecule has 0 saturated carbocycles. The van der Waals surface area contributed by atoms with Gasteiger partial charge in [-0.3, -0.25) is 9.59 Å². The molecular weight excluding hydrogens is 636 g/mol. The lowest BCUT2D eigenvalue weighted by molar-refractivity contribution is -0.118. The average molecular weight is 658 g/mol. The van der Waals surface area contributed by atoms with E-state index in [9.17, 15) is 9.59 Å². The van der Waals surface area contributed by atoms with Gasteiger partial charge in [0.2, 0.25) is 5.82 Å². The summed E-state index contributed by atoms with van der Waals surface area (Å²) in [4.78, 5) is 30.7. The van der Waals surface area contributed by atoms with Crippen LogP contribution in [0.4, 0.5) is 5.69 Å². The molecule has 6 rings (SSSR count). The van der Waals surface area contributed by atoms with E-state index in [1.165, 1.54) is 18.0 Å². The number of halogens is 2. The van der Waals surface area contributed by atoms with Gasteiger partial charge in [-0.15, -0.1) is 0 Å². The molecule has 0 aliphatic heterocycles. The number of carbonyl (C=O) groups excluding carboxylic acids is 1. The topological polar surface area (TPSA) is 108 Å². The van der Waals surface area contributed by atoms with Crippen molar-refractivity contribution in [3.63, 3.8) is 0 Å². The van der Waals surface area contributed by atoms with Crippen molar-refractivity contribution in [2.75, 3.05) is 19.0 Å². The summed E-state index contributed by atoms with van der Waals surface area (Å²) < 4.78 is 19.1. The fourth-order valence-corrected chi connectivity index (χ4v) is 5.20. The van der Waals surface area contributed by atoms with Gasteiger partial charge in [0, 0.05) is 16.1 Å². The average Bonchev–Trinajstić information content (AvgIpc) is 3.43. The minimum absolute atomic E-state index is 0.225. The van der Waals surface area contributed by atoms with Crippen molar-refractivity contribution in [1.29, 1.82) is 0 Å². The highest BCUT2D eigenvalue weighted by molar-refractivity contribution is 9.10.